The molecule has 6 heteroatoms. The van der Waals surface area contributed by atoms with Crippen molar-refractivity contribution in [2.45, 2.75) is 45.4 Å². The third-order valence-corrected chi connectivity index (χ3v) is 4.74. The summed E-state index contributed by atoms with van der Waals surface area (Å²) < 4.78 is 5.35. The molecule has 0 bridgehead atoms. The number of nitrogens with zero attached hydrogens (tertiary/aromatic N) is 2. The van der Waals surface area contributed by atoms with Crippen LogP contribution in [0.4, 0.5) is 4.79 Å². The third-order valence-electron chi connectivity index (χ3n) is 4.74. The van der Waals surface area contributed by atoms with Gasteiger partial charge in [0.1, 0.15) is 0 Å². The highest BCUT2D eigenvalue weighted by Crippen LogP contribution is 2.13. The molecule has 1 aliphatic rings. The Morgan fingerprint density at radius 2 is 2.00 bits per heavy atom. The molecule has 1 fully saturated rings. The molecule has 1 aromatic carbocycles. The van der Waals surface area contributed by atoms with Gasteiger partial charge in [0.05, 0.1) is 6.10 Å². The lowest BCUT2D eigenvalue weighted by Gasteiger charge is -2.31. The fourth-order valence-electron chi connectivity index (χ4n) is 2.81. The van der Waals surface area contributed by atoms with E-state index in [0.717, 1.165) is 24.9 Å². The Balaban J connectivity index is 1.87. The molecule has 138 valence electrons. The Morgan fingerprint density at radius 1 is 1.32 bits per heavy atom. The first kappa shape index (κ1) is 19.2. The summed E-state index contributed by atoms with van der Waals surface area (Å²) in [5.41, 5.74) is 1.63. The van der Waals surface area contributed by atoms with Crippen LogP contribution in [-0.2, 0) is 11.3 Å². The summed E-state index contributed by atoms with van der Waals surface area (Å²) in [5.74, 6) is 0.00418. The lowest BCUT2D eigenvalue weighted by Crippen LogP contribution is -2.47. The van der Waals surface area contributed by atoms with E-state index in [1.54, 1.807) is 24.0 Å². The van der Waals surface area contributed by atoms with E-state index in [0.29, 0.717) is 18.7 Å². The molecule has 1 heterocycles. The number of benzene rings is 1. The maximum atomic E-state index is 12.3. The van der Waals surface area contributed by atoms with E-state index in [1.165, 1.54) is 0 Å². The average molecular weight is 347 g/mol. The highest BCUT2D eigenvalue weighted by Gasteiger charge is 2.23. The molecule has 0 radical (unpaired) electrons. The van der Waals surface area contributed by atoms with Crippen molar-refractivity contribution in [1.82, 2.24) is 15.1 Å². The number of nitrogens with one attached hydrogen (secondary N) is 1. The summed E-state index contributed by atoms with van der Waals surface area (Å²) in [6.45, 7) is 5.81. The van der Waals surface area contributed by atoms with E-state index in [2.05, 4.69) is 5.32 Å². The Labute approximate surface area is 150 Å². The minimum absolute atomic E-state index is 0.00418. The molecule has 1 atom stereocenters. The van der Waals surface area contributed by atoms with Crippen molar-refractivity contribution in [3.63, 3.8) is 0 Å². The second kappa shape index (κ2) is 8.85. The minimum Gasteiger partial charge on any atom is -0.380 e. The van der Waals surface area contributed by atoms with Crippen LogP contribution in [0.15, 0.2) is 24.3 Å². The van der Waals surface area contributed by atoms with E-state index in [9.17, 15) is 9.59 Å². The van der Waals surface area contributed by atoms with Crippen molar-refractivity contribution in [1.29, 1.82) is 0 Å². The first-order valence-corrected chi connectivity index (χ1v) is 8.84. The van der Waals surface area contributed by atoms with Gasteiger partial charge in [-0.05, 0) is 44.4 Å². The summed E-state index contributed by atoms with van der Waals surface area (Å²) >= 11 is 0. The monoisotopic (exact) mass is 347 g/mol. The average Bonchev–Trinajstić information content (AvgIpc) is 2.65. The zero-order valence-corrected chi connectivity index (χ0v) is 15.6. The highest BCUT2D eigenvalue weighted by molar-refractivity contribution is 5.94. The number of rotatable bonds is 5. The topological polar surface area (TPSA) is 61.9 Å². The number of piperidine rings is 1. The van der Waals surface area contributed by atoms with Crippen LogP contribution < -0.4 is 5.32 Å². The van der Waals surface area contributed by atoms with Gasteiger partial charge in [-0.3, -0.25) is 4.79 Å². The smallest absolute Gasteiger partial charge is 0.317 e. The molecule has 6 nitrogen and oxygen atoms in total. The lowest BCUT2D eigenvalue weighted by molar-refractivity contribution is 0.0434. The van der Waals surface area contributed by atoms with E-state index in [1.807, 2.05) is 38.1 Å². The van der Waals surface area contributed by atoms with Crippen molar-refractivity contribution < 1.29 is 14.3 Å². The number of hydrogen-bond donors (Lipinski definition) is 1. The largest absolute Gasteiger partial charge is 0.380 e. The summed E-state index contributed by atoms with van der Waals surface area (Å²) in [4.78, 5) is 28.0. The fraction of sp³-hybridized carbons (Fsp3) is 0.579. The van der Waals surface area contributed by atoms with E-state index in [4.69, 9.17) is 4.74 Å². The van der Waals surface area contributed by atoms with Gasteiger partial charge in [0.2, 0.25) is 0 Å². The van der Waals surface area contributed by atoms with Gasteiger partial charge in [0.15, 0.2) is 0 Å². The second-order valence-corrected chi connectivity index (χ2v) is 6.81. The number of carbonyl (C=O) groups excluding carboxylic acids is 2. The van der Waals surface area contributed by atoms with Gasteiger partial charge < -0.3 is 19.9 Å². The van der Waals surface area contributed by atoms with Crippen LogP contribution in [0.1, 0.15) is 42.6 Å². The van der Waals surface area contributed by atoms with Crippen LogP contribution in [0, 0.1) is 0 Å². The summed E-state index contributed by atoms with van der Waals surface area (Å²) in [6.07, 6.45) is 2.09. The number of amides is 3. The van der Waals surface area contributed by atoms with Gasteiger partial charge in [-0.1, -0.05) is 12.1 Å². The first-order valence-electron chi connectivity index (χ1n) is 8.84. The number of likely N-dealkylation sites (tertiary alicyclic amines) is 1. The van der Waals surface area contributed by atoms with E-state index >= 15 is 0 Å². The fourth-order valence-corrected chi connectivity index (χ4v) is 2.81. The standard InChI is InChI=1S/C19H29N3O3/c1-14(2)21(3)18(23)16-9-7-15(8-10-16)12-20-19(24)22-11-5-6-17(13-22)25-4/h7-10,14,17H,5-6,11-13H2,1-4H3,(H,20,24). The molecule has 0 spiro atoms. The molecule has 0 aromatic heterocycles. The normalized spacial score (nSPS) is 17.5. The maximum absolute atomic E-state index is 12.3. The molecule has 1 aliphatic heterocycles. The molecule has 25 heavy (non-hydrogen) atoms. The van der Waals surface area contributed by atoms with Crippen LogP contribution >= 0.6 is 0 Å². The summed E-state index contributed by atoms with van der Waals surface area (Å²) in [6, 6.07) is 7.48. The molecule has 1 aromatic rings. The van der Waals surface area contributed by atoms with Crippen molar-refractivity contribution >= 4 is 11.9 Å². The number of hydrogen-bond acceptors (Lipinski definition) is 3. The predicted molar refractivity (Wildman–Crippen MR) is 97.5 cm³/mol. The van der Waals surface area contributed by atoms with Gasteiger partial charge in [-0.25, -0.2) is 4.79 Å². The second-order valence-electron chi connectivity index (χ2n) is 6.81. The van der Waals surface area contributed by atoms with Crippen LogP contribution in [0.3, 0.4) is 0 Å². The quantitative estimate of drug-likeness (QED) is 0.890. The number of carbonyl (C=O) groups is 2. The zero-order chi connectivity index (χ0) is 18.4. The maximum Gasteiger partial charge on any atom is 0.317 e. The van der Waals surface area contributed by atoms with Crippen molar-refractivity contribution in [2.24, 2.45) is 0 Å². The highest BCUT2D eigenvalue weighted by atomic mass is 16.5. The van der Waals surface area contributed by atoms with Gasteiger partial charge in [-0.15, -0.1) is 0 Å². The third kappa shape index (κ3) is 5.19. The number of methoxy groups -OCH3 is 1. The van der Waals surface area contributed by atoms with Crippen LogP contribution in [0.5, 0.6) is 0 Å². The summed E-state index contributed by atoms with van der Waals surface area (Å²) in [7, 11) is 3.48. The minimum atomic E-state index is -0.0681. The molecule has 1 N–H and O–H groups in total. The van der Waals surface area contributed by atoms with E-state index in [-0.39, 0.29) is 24.1 Å². The number of ether oxygens (including phenoxy) is 1. The molecule has 2 rings (SSSR count). The van der Waals surface area contributed by atoms with Crippen LogP contribution in [-0.4, -0.2) is 61.1 Å². The van der Waals surface area contributed by atoms with Crippen LogP contribution in [0.2, 0.25) is 0 Å². The van der Waals surface area contributed by atoms with Gasteiger partial charge in [-0.2, -0.15) is 0 Å². The molecule has 1 saturated heterocycles. The van der Waals surface area contributed by atoms with E-state index < -0.39 is 0 Å². The molecule has 3 amide bonds. The summed E-state index contributed by atoms with van der Waals surface area (Å²) in [5, 5.41) is 2.94. The van der Waals surface area contributed by atoms with Gasteiger partial charge in [0.25, 0.3) is 5.91 Å². The Hall–Kier alpha value is -2.08. The van der Waals surface area contributed by atoms with Gasteiger partial charge in [0, 0.05) is 45.4 Å². The van der Waals surface area contributed by atoms with Crippen molar-refractivity contribution in [2.75, 3.05) is 27.2 Å². The SMILES string of the molecule is COC1CCCN(C(=O)NCc2ccc(C(=O)N(C)C(C)C)cc2)C1. The van der Waals surface area contributed by atoms with Gasteiger partial charge >= 0.3 is 6.03 Å². The number of urea groups is 1. The first-order chi connectivity index (χ1) is 11.9. The Bertz CT molecular complexity index is 586. The Morgan fingerprint density at radius 3 is 2.60 bits per heavy atom. The van der Waals surface area contributed by atoms with Crippen molar-refractivity contribution in [3.05, 3.63) is 35.4 Å². The molecular weight excluding hydrogens is 318 g/mol. The molecule has 0 aliphatic carbocycles. The zero-order valence-electron chi connectivity index (χ0n) is 15.6. The lowest BCUT2D eigenvalue weighted by atomic mass is 10.1. The molecule has 1 unspecified atom stereocenters. The molecule has 0 saturated carbocycles. The van der Waals surface area contributed by atoms with Crippen LogP contribution in [0.25, 0.3) is 0 Å². The Kier molecular flexibility index (Phi) is 6.82. The van der Waals surface area contributed by atoms with Crippen molar-refractivity contribution in [3.8, 4) is 0 Å². The molecular formula is C19H29N3O3. The predicted octanol–water partition coefficient (Wildman–Crippen LogP) is 2.49.